The van der Waals surface area contributed by atoms with Crippen molar-refractivity contribution in [2.24, 2.45) is 5.92 Å². The van der Waals surface area contributed by atoms with Gasteiger partial charge in [0.05, 0.1) is 0 Å². The number of furan rings is 2. The normalized spacial score (nSPS) is 17.8. The molecular weight excluding hydrogens is 500 g/mol. The van der Waals surface area contributed by atoms with Crippen LogP contribution in [0.3, 0.4) is 0 Å². The highest BCUT2D eigenvalue weighted by Gasteiger charge is 2.45. The summed E-state index contributed by atoms with van der Waals surface area (Å²) < 4.78 is 12.8. The van der Waals surface area contributed by atoms with Crippen molar-refractivity contribution in [3.63, 3.8) is 0 Å². The van der Waals surface area contributed by atoms with Gasteiger partial charge in [0.15, 0.2) is 0 Å². The molecule has 0 bridgehead atoms. The van der Waals surface area contributed by atoms with Crippen molar-refractivity contribution in [3.05, 3.63) is 138 Å². The van der Waals surface area contributed by atoms with Crippen LogP contribution in [0.5, 0.6) is 0 Å². The van der Waals surface area contributed by atoms with Crippen molar-refractivity contribution >= 4 is 60.0 Å². The van der Waals surface area contributed by atoms with Gasteiger partial charge in [-0.25, -0.2) is 0 Å². The Balaban J connectivity index is 1.10. The zero-order chi connectivity index (χ0) is 26.7. The molecule has 0 spiro atoms. The molecule has 0 saturated heterocycles. The Kier molecular flexibility index (Phi) is 4.11. The van der Waals surface area contributed by atoms with Crippen LogP contribution in [-0.2, 0) is 0 Å². The topological polar surface area (TPSA) is 26.3 Å². The average Bonchev–Trinajstić information content (AvgIpc) is 3.54. The van der Waals surface area contributed by atoms with Gasteiger partial charge >= 0.3 is 0 Å². The first-order valence-electron chi connectivity index (χ1n) is 14.4. The molecule has 8 aromatic rings. The quantitative estimate of drug-likeness (QED) is 0.210. The van der Waals surface area contributed by atoms with Crippen molar-refractivity contribution in [1.29, 1.82) is 0 Å². The summed E-state index contributed by atoms with van der Waals surface area (Å²) in [5, 5.41) is 8.61. The third-order valence-electron chi connectivity index (χ3n) is 9.33. The van der Waals surface area contributed by atoms with Gasteiger partial charge in [0.25, 0.3) is 0 Å². The van der Waals surface area contributed by atoms with E-state index in [4.69, 9.17) is 8.83 Å². The molecule has 0 radical (unpaired) electrons. The van der Waals surface area contributed by atoms with Gasteiger partial charge in [0.2, 0.25) is 0 Å². The number of hydrogen-bond acceptors (Lipinski definition) is 2. The van der Waals surface area contributed by atoms with E-state index in [1.54, 1.807) is 0 Å². The van der Waals surface area contributed by atoms with Gasteiger partial charge in [-0.15, -0.1) is 0 Å². The molecular formula is C39H24O2. The summed E-state index contributed by atoms with van der Waals surface area (Å²) in [4.78, 5) is 0. The maximum Gasteiger partial charge on any atom is 0.143 e. The molecule has 6 aromatic carbocycles. The molecule has 41 heavy (non-hydrogen) atoms. The fraction of sp³-hybridized carbons (Fsp3) is 0.0769. The minimum atomic E-state index is 0.612. The minimum absolute atomic E-state index is 0.612. The van der Waals surface area contributed by atoms with Gasteiger partial charge in [0.1, 0.15) is 22.5 Å². The molecule has 0 aliphatic heterocycles. The summed E-state index contributed by atoms with van der Waals surface area (Å²) in [6.07, 6.45) is 3.67. The second-order valence-electron chi connectivity index (χ2n) is 11.6. The van der Waals surface area contributed by atoms with E-state index in [0.717, 1.165) is 38.8 Å². The summed E-state index contributed by atoms with van der Waals surface area (Å²) in [6, 6.07) is 41.4. The lowest BCUT2D eigenvalue weighted by molar-refractivity contribution is 0.591. The Bertz CT molecular complexity index is 2410. The van der Waals surface area contributed by atoms with Crippen LogP contribution in [0, 0.1) is 5.92 Å². The zero-order valence-electron chi connectivity index (χ0n) is 22.2. The highest BCUT2D eigenvalue weighted by atomic mass is 16.3. The Morgan fingerprint density at radius 2 is 1.22 bits per heavy atom. The first-order valence-corrected chi connectivity index (χ1v) is 14.4. The summed E-state index contributed by atoms with van der Waals surface area (Å²) in [6.45, 7) is 0. The molecule has 10 rings (SSSR count). The SMILES string of the molecule is C1=C(c2ccc3c(ccc4cc(-c5cccc6c5oc5ccccc56)ccc43)c2)c2oc3ccccc3c2C2CC12. The molecule has 2 heteroatoms. The average molecular weight is 525 g/mol. The van der Waals surface area contributed by atoms with Crippen LogP contribution in [0.4, 0.5) is 0 Å². The van der Waals surface area contributed by atoms with Crippen LogP contribution in [0.1, 0.15) is 29.2 Å². The molecule has 2 aromatic heterocycles. The maximum atomic E-state index is 6.47. The molecule has 192 valence electrons. The van der Waals surface area contributed by atoms with E-state index in [1.165, 1.54) is 55.6 Å². The van der Waals surface area contributed by atoms with Crippen LogP contribution >= 0.6 is 0 Å². The summed E-state index contributed by atoms with van der Waals surface area (Å²) in [7, 11) is 0. The summed E-state index contributed by atoms with van der Waals surface area (Å²) in [5.41, 5.74) is 9.05. The largest absolute Gasteiger partial charge is 0.456 e. The Morgan fingerprint density at radius 1 is 0.537 bits per heavy atom. The number of para-hydroxylation sites is 3. The predicted molar refractivity (Wildman–Crippen MR) is 168 cm³/mol. The highest BCUT2D eigenvalue weighted by Crippen LogP contribution is 2.58. The second-order valence-corrected chi connectivity index (χ2v) is 11.6. The van der Waals surface area contributed by atoms with Gasteiger partial charge in [-0.1, -0.05) is 97.1 Å². The Hall–Kier alpha value is -5.08. The van der Waals surface area contributed by atoms with Crippen molar-refractivity contribution < 1.29 is 8.83 Å². The van der Waals surface area contributed by atoms with E-state index < -0.39 is 0 Å². The third kappa shape index (κ3) is 3.02. The van der Waals surface area contributed by atoms with Crippen molar-refractivity contribution in [1.82, 2.24) is 0 Å². The van der Waals surface area contributed by atoms with Crippen LogP contribution in [-0.4, -0.2) is 0 Å². The highest BCUT2D eigenvalue weighted by molar-refractivity contribution is 6.12. The molecule has 2 atom stereocenters. The number of hydrogen-bond donors (Lipinski definition) is 0. The van der Waals surface area contributed by atoms with E-state index in [1.807, 2.05) is 12.1 Å². The molecule has 2 nitrogen and oxygen atoms in total. The van der Waals surface area contributed by atoms with E-state index >= 15 is 0 Å². The molecule has 0 N–H and O–H groups in total. The fourth-order valence-electron chi connectivity index (χ4n) is 7.26. The van der Waals surface area contributed by atoms with E-state index in [0.29, 0.717) is 11.8 Å². The predicted octanol–water partition coefficient (Wildman–Crippen LogP) is 10.9. The van der Waals surface area contributed by atoms with Crippen molar-refractivity contribution in [3.8, 4) is 11.1 Å². The van der Waals surface area contributed by atoms with Crippen LogP contribution in [0.15, 0.2) is 130 Å². The molecule has 0 amide bonds. The molecule has 2 heterocycles. The van der Waals surface area contributed by atoms with E-state index in [-0.39, 0.29) is 0 Å². The van der Waals surface area contributed by atoms with Gasteiger partial charge in [-0.2, -0.15) is 0 Å². The zero-order valence-corrected chi connectivity index (χ0v) is 22.2. The lowest BCUT2D eigenvalue weighted by Gasteiger charge is -2.14. The Labute approximate surface area is 236 Å². The first kappa shape index (κ1) is 21.7. The molecule has 2 aliphatic carbocycles. The van der Waals surface area contributed by atoms with Gasteiger partial charge in [-0.3, -0.25) is 0 Å². The fourth-order valence-corrected chi connectivity index (χ4v) is 7.26. The number of allylic oxidation sites excluding steroid dienone is 1. The summed E-state index contributed by atoms with van der Waals surface area (Å²) in [5.74, 6) is 2.30. The van der Waals surface area contributed by atoms with Crippen molar-refractivity contribution in [2.45, 2.75) is 12.3 Å². The maximum absolute atomic E-state index is 6.47. The lowest BCUT2D eigenvalue weighted by Crippen LogP contribution is -1.97. The standard InChI is InChI=1S/C39H24O2/c1-3-10-35-30(6-1)31-9-5-8-29(38(31)40-35)24-14-16-27-22(18-24)12-13-23-19-25(15-17-28(23)27)34-21-26-20-33(26)37-32-7-2-4-11-36(32)41-39(34)37/h1-19,21,26,33H,20H2. The number of benzene rings is 6. The monoisotopic (exact) mass is 524 g/mol. The molecule has 2 unspecified atom stereocenters. The van der Waals surface area contributed by atoms with Gasteiger partial charge in [0, 0.05) is 32.9 Å². The Morgan fingerprint density at radius 3 is 2.05 bits per heavy atom. The number of rotatable bonds is 2. The molecule has 1 fully saturated rings. The first-order chi connectivity index (χ1) is 20.3. The van der Waals surface area contributed by atoms with E-state index in [9.17, 15) is 0 Å². The number of fused-ring (bicyclic) bond motifs is 11. The smallest absolute Gasteiger partial charge is 0.143 e. The summed E-state index contributed by atoms with van der Waals surface area (Å²) >= 11 is 0. The second kappa shape index (κ2) is 7.77. The van der Waals surface area contributed by atoms with Crippen molar-refractivity contribution in [2.75, 3.05) is 0 Å². The van der Waals surface area contributed by atoms with Crippen LogP contribution < -0.4 is 0 Å². The van der Waals surface area contributed by atoms with Crippen LogP contribution in [0.2, 0.25) is 0 Å². The lowest BCUT2D eigenvalue weighted by atomic mass is 9.89. The third-order valence-corrected chi connectivity index (χ3v) is 9.33. The molecule has 2 aliphatic rings. The van der Waals surface area contributed by atoms with Gasteiger partial charge in [-0.05, 0) is 75.2 Å². The van der Waals surface area contributed by atoms with E-state index in [2.05, 4.69) is 109 Å². The minimum Gasteiger partial charge on any atom is -0.456 e. The van der Waals surface area contributed by atoms with Gasteiger partial charge < -0.3 is 8.83 Å². The molecule has 1 saturated carbocycles. The van der Waals surface area contributed by atoms with Crippen LogP contribution in [0.25, 0.3) is 71.2 Å².